The summed E-state index contributed by atoms with van der Waals surface area (Å²) in [6.45, 7) is 7.83. The van der Waals surface area contributed by atoms with Gasteiger partial charge >= 0.3 is 0 Å². The van der Waals surface area contributed by atoms with Gasteiger partial charge in [-0.2, -0.15) is 0 Å². The minimum atomic E-state index is -0.601. The summed E-state index contributed by atoms with van der Waals surface area (Å²) in [5.74, 6) is 0.791. The van der Waals surface area contributed by atoms with Crippen molar-refractivity contribution in [3.8, 4) is 5.75 Å². The summed E-state index contributed by atoms with van der Waals surface area (Å²) in [7, 11) is 0. The van der Waals surface area contributed by atoms with E-state index in [0.29, 0.717) is 16.7 Å². The van der Waals surface area contributed by atoms with Gasteiger partial charge in [0.15, 0.2) is 6.10 Å². The van der Waals surface area contributed by atoms with Gasteiger partial charge in [-0.05, 0) is 55.2 Å². The predicted molar refractivity (Wildman–Crippen MR) is 95.4 cm³/mol. The van der Waals surface area contributed by atoms with E-state index in [9.17, 15) is 4.79 Å². The van der Waals surface area contributed by atoms with Gasteiger partial charge in [-0.25, -0.2) is 0 Å². The molecule has 2 aromatic rings. The average Bonchev–Trinajstić information content (AvgIpc) is 2.51. The first kappa shape index (κ1) is 17.4. The number of amides is 1. The fourth-order valence-electron chi connectivity index (χ4n) is 2.30. The highest BCUT2D eigenvalue weighted by atomic mass is 35.5. The molecule has 1 N–H and O–H groups in total. The second kappa shape index (κ2) is 7.51. The fraction of sp³-hybridized carbons (Fsp3) is 0.316. The Kier molecular flexibility index (Phi) is 5.67. The highest BCUT2D eigenvalue weighted by Gasteiger charge is 2.17. The zero-order chi connectivity index (χ0) is 17.0. The number of anilines is 1. The van der Waals surface area contributed by atoms with Crippen LogP contribution in [0.4, 0.5) is 5.69 Å². The molecule has 0 spiro atoms. The molecule has 0 fully saturated rings. The molecule has 3 nitrogen and oxygen atoms in total. The first-order chi connectivity index (χ1) is 10.9. The van der Waals surface area contributed by atoms with Crippen LogP contribution in [0.25, 0.3) is 0 Å². The highest BCUT2D eigenvalue weighted by molar-refractivity contribution is 6.31. The molecule has 0 bridgehead atoms. The number of rotatable bonds is 5. The van der Waals surface area contributed by atoms with E-state index in [0.717, 1.165) is 16.8 Å². The van der Waals surface area contributed by atoms with Gasteiger partial charge < -0.3 is 10.1 Å². The zero-order valence-electron chi connectivity index (χ0n) is 13.9. The molecule has 0 saturated heterocycles. The van der Waals surface area contributed by atoms with Gasteiger partial charge in [-0.15, -0.1) is 0 Å². The Labute approximate surface area is 142 Å². The van der Waals surface area contributed by atoms with Crippen LogP contribution >= 0.6 is 11.6 Å². The molecule has 0 heterocycles. The average molecular weight is 332 g/mol. The Morgan fingerprint density at radius 3 is 2.48 bits per heavy atom. The topological polar surface area (TPSA) is 38.3 Å². The molecular weight excluding hydrogens is 310 g/mol. The summed E-state index contributed by atoms with van der Waals surface area (Å²) >= 11 is 6.00. The van der Waals surface area contributed by atoms with E-state index in [4.69, 9.17) is 16.3 Å². The predicted octanol–water partition coefficient (Wildman–Crippen LogP) is 5.18. The van der Waals surface area contributed by atoms with Gasteiger partial charge in [0.05, 0.1) is 0 Å². The summed E-state index contributed by atoms with van der Waals surface area (Å²) < 4.78 is 5.71. The number of hydrogen-bond acceptors (Lipinski definition) is 2. The van der Waals surface area contributed by atoms with Gasteiger partial charge in [0, 0.05) is 10.7 Å². The van der Waals surface area contributed by atoms with E-state index in [1.807, 2.05) is 37.3 Å². The maximum atomic E-state index is 12.4. The molecule has 122 valence electrons. The van der Waals surface area contributed by atoms with Crippen molar-refractivity contribution in [3.05, 3.63) is 58.6 Å². The Morgan fingerprint density at radius 1 is 1.13 bits per heavy atom. The van der Waals surface area contributed by atoms with Crippen molar-refractivity contribution >= 4 is 23.2 Å². The number of benzene rings is 2. The van der Waals surface area contributed by atoms with Crippen molar-refractivity contribution in [2.45, 2.75) is 39.7 Å². The quantitative estimate of drug-likeness (QED) is 0.820. The van der Waals surface area contributed by atoms with Crippen LogP contribution in [0.5, 0.6) is 5.75 Å². The summed E-state index contributed by atoms with van der Waals surface area (Å²) in [6.07, 6.45) is -0.601. The third-order valence-corrected chi connectivity index (χ3v) is 4.08. The Balaban J connectivity index is 2.07. The molecule has 1 atom stereocenters. The lowest BCUT2D eigenvalue weighted by Crippen LogP contribution is -2.30. The highest BCUT2D eigenvalue weighted by Crippen LogP contribution is 2.25. The van der Waals surface area contributed by atoms with Crippen molar-refractivity contribution in [2.24, 2.45) is 0 Å². The SMILES string of the molecule is Cc1cc(O[C@@H](C)C(=O)Nc2ccccc2C(C)C)ccc1Cl. The molecule has 0 aliphatic heterocycles. The molecule has 23 heavy (non-hydrogen) atoms. The number of carbonyl (C=O) groups excluding carboxylic acids is 1. The minimum absolute atomic E-state index is 0.175. The van der Waals surface area contributed by atoms with Crippen LogP contribution in [0.15, 0.2) is 42.5 Å². The van der Waals surface area contributed by atoms with Crippen LogP contribution in [0.2, 0.25) is 5.02 Å². The van der Waals surface area contributed by atoms with Gasteiger partial charge in [0.25, 0.3) is 5.91 Å². The molecule has 0 saturated carbocycles. The Bertz CT molecular complexity index is 698. The number of ether oxygens (including phenoxy) is 1. The number of halogens is 1. The molecule has 2 aromatic carbocycles. The van der Waals surface area contributed by atoms with Crippen LogP contribution in [0, 0.1) is 6.92 Å². The maximum absolute atomic E-state index is 12.4. The lowest BCUT2D eigenvalue weighted by Gasteiger charge is -2.18. The third-order valence-electron chi connectivity index (χ3n) is 3.65. The van der Waals surface area contributed by atoms with E-state index < -0.39 is 6.10 Å². The molecule has 0 aromatic heterocycles. The minimum Gasteiger partial charge on any atom is -0.481 e. The number of hydrogen-bond donors (Lipinski definition) is 1. The van der Waals surface area contributed by atoms with Crippen molar-refractivity contribution in [2.75, 3.05) is 5.32 Å². The van der Waals surface area contributed by atoms with Crippen LogP contribution < -0.4 is 10.1 Å². The molecule has 1 amide bonds. The molecule has 0 unspecified atom stereocenters. The van der Waals surface area contributed by atoms with Gasteiger partial charge in [-0.3, -0.25) is 4.79 Å². The molecule has 0 aliphatic carbocycles. The summed E-state index contributed by atoms with van der Waals surface area (Å²) in [5.41, 5.74) is 2.85. The van der Waals surface area contributed by atoms with Gasteiger partial charge in [-0.1, -0.05) is 43.6 Å². The maximum Gasteiger partial charge on any atom is 0.265 e. The normalized spacial score (nSPS) is 12.1. The van der Waals surface area contributed by atoms with Gasteiger partial charge in [0.1, 0.15) is 5.75 Å². The van der Waals surface area contributed by atoms with E-state index in [1.54, 1.807) is 19.1 Å². The molecular formula is C19H22ClNO2. The zero-order valence-corrected chi connectivity index (χ0v) is 14.6. The van der Waals surface area contributed by atoms with Crippen molar-refractivity contribution in [3.63, 3.8) is 0 Å². The molecule has 0 radical (unpaired) electrons. The van der Waals surface area contributed by atoms with Crippen LogP contribution in [-0.4, -0.2) is 12.0 Å². The lowest BCUT2D eigenvalue weighted by molar-refractivity contribution is -0.122. The van der Waals surface area contributed by atoms with Crippen LogP contribution in [0.3, 0.4) is 0 Å². The fourth-order valence-corrected chi connectivity index (χ4v) is 2.41. The van der Waals surface area contributed by atoms with Crippen molar-refractivity contribution in [1.82, 2.24) is 0 Å². The Hall–Kier alpha value is -2.00. The second-order valence-corrected chi connectivity index (χ2v) is 6.31. The molecule has 0 aliphatic rings. The van der Waals surface area contributed by atoms with E-state index in [2.05, 4.69) is 19.2 Å². The largest absolute Gasteiger partial charge is 0.481 e. The van der Waals surface area contributed by atoms with E-state index in [-0.39, 0.29) is 5.91 Å². The number of nitrogens with one attached hydrogen (secondary N) is 1. The van der Waals surface area contributed by atoms with E-state index in [1.165, 1.54) is 0 Å². The van der Waals surface area contributed by atoms with Crippen molar-refractivity contribution in [1.29, 1.82) is 0 Å². The first-order valence-corrected chi connectivity index (χ1v) is 8.09. The summed E-state index contributed by atoms with van der Waals surface area (Å²) in [5, 5.41) is 3.63. The lowest BCUT2D eigenvalue weighted by atomic mass is 10.0. The van der Waals surface area contributed by atoms with Crippen LogP contribution in [0.1, 0.15) is 37.8 Å². The number of aryl methyl sites for hydroxylation is 1. The molecule has 4 heteroatoms. The molecule has 2 rings (SSSR count). The summed E-state index contributed by atoms with van der Waals surface area (Å²) in [4.78, 5) is 12.4. The third kappa shape index (κ3) is 4.49. The second-order valence-electron chi connectivity index (χ2n) is 5.90. The standard InChI is InChI=1S/C19H22ClNO2/c1-12(2)16-7-5-6-8-18(16)21-19(22)14(4)23-15-9-10-17(20)13(3)11-15/h5-12,14H,1-4H3,(H,21,22)/t14-/m0/s1. The number of carbonyl (C=O) groups is 1. The summed E-state index contributed by atoms with van der Waals surface area (Å²) in [6, 6.07) is 13.2. The monoisotopic (exact) mass is 331 g/mol. The van der Waals surface area contributed by atoms with Gasteiger partial charge in [0.2, 0.25) is 0 Å². The first-order valence-electron chi connectivity index (χ1n) is 7.71. The van der Waals surface area contributed by atoms with E-state index >= 15 is 0 Å². The Morgan fingerprint density at radius 2 is 1.83 bits per heavy atom. The smallest absolute Gasteiger partial charge is 0.265 e. The number of para-hydroxylation sites is 1. The van der Waals surface area contributed by atoms with Crippen molar-refractivity contribution < 1.29 is 9.53 Å². The van der Waals surface area contributed by atoms with Crippen LogP contribution in [-0.2, 0) is 4.79 Å².